The average molecular weight is 228 g/mol. The molecule has 3 nitrogen and oxygen atoms in total. The number of carbonyl (C=O) groups is 1. The van der Waals surface area contributed by atoms with Crippen LogP contribution < -0.4 is 5.32 Å². The fourth-order valence-corrected chi connectivity index (χ4v) is 2.06. The van der Waals surface area contributed by atoms with Gasteiger partial charge in [-0.2, -0.15) is 0 Å². The number of amides is 1. The number of para-hydroxylation sites is 1. The van der Waals surface area contributed by atoms with Gasteiger partial charge in [-0.1, -0.05) is 24.3 Å². The number of nitrogens with zero attached hydrogens (tertiary/aromatic N) is 1. The van der Waals surface area contributed by atoms with Crippen molar-refractivity contribution in [1.82, 2.24) is 9.88 Å². The quantitative estimate of drug-likeness (QED) is 0.804. The van der Waals surface area contributed by atoms with Crippen LogP contribution in [0.3, 0.4) is 0 Å². The van der Waals surface area contributed by atoms with Gasteiger partial charge in [-0.25, -0.2) is 0 Å². The first-order valence-electron chi connectivity index (χ1n) is 5.60. The van der Waals surface area contributed by atoms with Gasteiger partial charge in [-0.05, 0) is 13.0 Å². The van der Waals surface area contributed by atoms with Gasteiger partial charge >= 0.3 is 0 Å². The summed E-state index contributed by atoms with van der Waals surface area (Å²) >= 11 is 0. The van der Waals surface area contributed by atoms with Crippen LogP contribution in [0.5, 0.6) is 0 Å². The Balaban J connectivity index is 2.56. The van der Waals surface area contributed by atoms with E-state index >= 15 is 0 Å². The molecule has 0 saturated carbocycles. The fraction of sp³-hybridized carbons (Fsp3) is 0.214. The highest BCUT2D eigenvalue weighted by atomic mass is 16.1. The van der Waals surface area contributed by atoms with Crippen LogP contribution in [-0.2, 0) is 7.05 Å². The van der Waals surface area contributed by atoms with Crippen LogP contribution in [0.4, 0.5) is 0 Å². The summed E-state index contributed by atoms with van der Waals surface area (Å²) in [4.78, 5) is 12.1. The highest BCUT2D eigenvalue weighted by Gasteiger charge is 2.17. The largest absolute Gasteiger partial charge is 0.349 e. The summed E-state index contributed by atoms with van der Waals surface area (Å²) in [6.07, 6.45) is 1.68. The zero-order valence-corrected chi connectivity index (χ0v) is 10.2. The molecule has 1 N–H and O–H groups in total. The summed E-state index contributed by atoms with van der Waals surface area (Å²) in [7, 11) is 1.97. The van der Waals surface area contributed by atoms with Crippen LogP contribution in [0.25, 0.3) is 10.9 Å². The lowest BCUT2D eigenvalue weighted by Crippen LogP contribution is -2.23. The standard InChI is InChI=1S/C14H16N2O/c1-4-9-15-14(17)13-10(2)16(3)12-8-6-5-7-11(12)13/h4-8H,1,9H2,2-3H3,(H,15,17). The van der Waals surface area contributed by atoms with Crippen LogP contribution in [0.1, 0.15) is 16.1 Å². The van der Waals surface area contributed by atoms with Gasteiger partial charge in [0.05, 0.1) is 5.56 Å². The van der Waals surface area contributed by atoms with E-state index in [-0.39, 0.29) is 5.91 Å². The number of fused-ring (bicyclic) bond motifs is 1. The SMILES string of the molecule is C=CCNC(=O)c1c(C)n(C)c2ccccc12. The Hall–Kier alpha value is -2.03. The molecule has 2 rings (SSSR count). The number of benzene rings is 1. The first-order valence-corrected chi connectivity index (χ1v) is 5.60. The van der Waals surface area contributed by atoms with E-state index in [0.29, 0.717) is 6.54 Å². The van der Waals surface area contributed by atoms with E-state index in [0.717, 1.165) is 22.2 Å². The Kier molecular flexibility index (Phi) is 3.00. The number of hydrogen-bond acceptors (Lipinski definition) is 1. The molecule has 1 aromatic carbocycles. The topological polar surface area (TPSA) is 34.0 Å². The highest BCUT2D eigenvalue weighted by molar-refractivity contribution is 6.08. The Morgan fingerprint density at radius 3 is 2.88 bits per heavy atom. The van der Waals surface area contributed by atoms with Crippen molar-refractivity contribution in [2.75, 3.05) is 6.54 Å². The Morgan fingerprint density at radius 1 is 1.47 bits per heavy atom. The van der Waals surface area contributed by atoms with E-state index in [1.54, 1.807) is 6.08 Å². The van der Waals surface area contributed by atoms with Crippen LogP contribution >= 0.6 is 0 Å². The maximum absolute atomic E-state index is 12.1. The summed E-state index contributed by atoms with van der Waals surface area (Å²) in [6.45, 7) is 6.05. The first-order chi connectivity index (χ1) is 8.16. The molecule has 0 saturated heterocycles. The number of aryl methyl sites for hydroxylation is 1. The highest BCUT2D eigenvalue weighted by Crippen LogP contribution is 2.24. The second-order valence-electron chi connectivity index (χ2n) is 4.04. The molecule has 0 aliphatic carbocycles. The fourth-order valence-electron chi connectivity index (χ4n) is 2.06. The molecule has 0 fully saturated rings. The van der Waals surface area contributed by atoms with E-state index in [9.17, 15) is 4.79 Å². The molecule has 1 heterocycles. The van der Waals surface area contributed by atoms with Gasteiger partial charge in [-0.3, -0.25) is 4.79 Å². The van der Waals surface area contributed by atoms with E-state index < -0.39 is 0 Å². The zero-order valence-electron chi connectivity index (χ0n) is 10.2. The van der Waals surface area contributed by atoms with E-state index in [2.05, 4.69) is 11.9 Å². The molecular formula is C14H16N2O. The third-order valence-electron chi connectivity index (χ3n) is 3.03. The number of carbonyl (C=O) groups excluding carboxylic acids is 1. The molecule has 0 bridgehead atoms. The lowest BCUT2D eigenvalue weighted by atomic mass is 10.1. The summed E-state index contributed by atoms with van der Waals surface area (Å²) in [5, 5.41) is 3.82. The van der Waals surface area contributed by atoms with Gasteiger partial charge in [0.15, 0.2) is 0 Å². The van der Waals surface area contributed by atoms with Gasteiger partial charge in [0.2, 0.25) is 0 Å². The molecule has 0 aliphatic heterocycles. The summed E-state index contributed by atoms with van der Waals surface area (Å²) < 4.78 is 2.04. The van der Waals surface area contributed by atoms with Crippen molar-refractivity contribution in [1.29, 1.82) is 0 Å². The average Bonchev–Trinajstić information content (AvgIpc) is 2.60. The van der Waals surface area contributed by atoms with Crippen molar-refractivity contribution < 1.29 is 4.79 Å². The van der Waals surface area contributed by atoms with Crippen LogP contribution in [0, 0.1) is 6.92 Å². The second kappa shape index (κ2) is 4.45. The number of aromatic nitrogens is 1. The number of nitrogens with one attached hydrogen (secondary N) is 1. The predicted octanol–water partition coefficient (Wildman–Crippen LogP) is 2.40. The minimum Gasteiger partial charge on any atom is -0.349 e. The van der Waals surface area contributed by atoms with Gasteiger partial charge in [0.25, 0.3) is 5.91 Å². The molecule has 1 aromatic heterocycles. The number of hydrogen-bond donors (Lipinski definition) is 1. The minimum absolute atomic E-state index is 0.0424. The summed E-state index contributed by atoms with van der Waals surface area (Å²) in [5.74, 6) is -0.0424. The minimum atomic E-state index is -0.0424. The molecule has 0 atom stereocenters. The molecule has 88 valence electrons. The molecule has 0 spiro atoms. The van der Waals surface area contributed by atoms with Crippen molar-refractivity contribution in [3.05, 3.63) is 48.2 Å². The van der Waals surface area contributed by atoms with Crippen molar-refractivity contribution >= 4 is 16.8 Å². The van der Waals surface area contributed by atoms with Crippen molar-refractivity contribution in [3.8, 4) is 0 Å². The monoisotopic (exact) mass is 228 g/mol. The number of rotatable bonds is 3. The molecule has 0 radical (unpaired) electrons. The molecule has 1 amide bonds. The smallest absolute Gasteiger partial charge is 0.253 e. The van der Waals surface area contributed by atoms with Gasteiger partial charge in [0, 0.05) is 30.2 Å². The summed E-state index contributed by atoms with van der Waals surface area (Å²) in [5.41, 5.74) is 2.81. The Bertz CT molecular complexity index is 581. The van der Waals surface area contributed by atoms with Gasteiger partial charge in [0.1, 0.15) is 0 Å². The van der Waals surface area contributed by atoms with Gasteiger partial charge in [-0.15, -0.1) is 6.58 Å². The van der Waals surface area contributed by atoms with Crippen LogP contribution in [-0.4, -0.2) is 17.0 Å². The molecule has 0 aliphatic rings. The molecule has 3 heteroatoms. The lowest BCUT2D eigenvalue weighted by molar-refractivity contribution is 0.0959. The van der Waals surface area contributed by atoms with E-state index in [1.807, 2.05) is 42.8 Å². The molecule has 17 heavy (non-hydrogen) atoms. The Morgan fingerprint density at radius 2 is 2.18 bits per heavy atom. The van der Waals surface area contributed by atoms with Crippen LogP contribution in [0.2, 0.25) is 0 Å². The zero-order chi connectivity index (χ0) is 12.4. The van der Waals surface area contributed by atoms with E-state index in [1.165, 1.54) is 0 Å². The molecule has 2 aromatic rings. The van der Waals surface area contributed by atoms with Crippen molar-refractivity contribution in [2.45, 2.75) is 6.92 Å². The predicted molar refractivity (Wildman–Crippen MR) is 70.2 cm³/mol. The lowest BCUT2D eigenvalue weighted by Gasteiger charge is -2.02. The van der Waals surface area contributed by atoms with Crippen LogP contribution in [0.15, 0.2) is 36.9 Å². The molecule has 0 unspecified atom stereocenters. The summed E-state index contributed by atoms with van der Waals surface area (Å²) in [6, 6.07) is 7.93. The third-order valence-corrected chi connectivity index (χ3v) is 3.03. The van der Waals surface area contributed by atoms with Crippen molar-refractivity contribution in [2.24, 2.45) is 7.05 Å². The maximum atomic E-state index is 12.1. The normalized spacial score (nSPS) is 10.5. The second-order valence-corrected chi connectivity index (χ2v) is 4.04. The van der Waals surface area contributed by atoms with Crippen molar-refractivity contribution in [3.63, 3.8) is 0 Å². The van der Waals surface area contributed by atoms with E-state index in [4.69, 9.17) is 0 Å². The van der Waals surface area contributed by atoms with Gasteiger partial charge < -0.3 is 9.88 Å². The Labute approximate surface area is 101 Å². The maximum Gasteiger partial charge on any atom is 0.253 e. The third kappa shape index (κ3) is 1.84. The first kappa shape index (κ1) is 11.5. The molecular weight excluding hydrogens is 212 g/mol.